The number of nitrogens with one attached hydrogen (secondary N) is 1. The van der Waals surface area contributed by atoms with Crippen molar-refractivity contribution in [2.45, 2.75) is 18.9 Å². The van der Waals surface area contributed by atoms with Crippen LogP contribution in [-0.2, 0) is 0 Å². The highest BCUT2D eigenvalue weighted by Gasteiger charge is 2.14. The minimum Gasteiger partial charge on any atom is -0.271 e. The molecule has 15 heavy (non-hydrogen) atoms. The van der Waals surface area contributed by atoms with Crippen LogP contribution >= 0.6 is 11.6 Å². The molecule has 0 spiro atoms. The second kappa shape index (κ2) is 5.72. The summed E-state index contributed by atoms with van der Waals surface area (Å²) in [6.07, 6.45) is 6.33. The molecule has 0 aliphatic rings. The Labute approximate surface area is 93.6 Å². The summed E-state index contributed by atoms with van der Waals surface area (Å²) in [6.45, 7) is 0. The van der Waals surface area contributed by atoms with E-state index in [2.05, 4.69) is 11.3 Å². The first-order valence-electron chi connectivity index (χ1n) is 4.54. The van der Waals surface area contributed by atoms with Crippen LogP contribution < -0.4 is 11.3 Å². The van der Waals surface area contributed by atoms with E-state index in [0.29, 0.717) is 18.4 Å². The molecular formula is C11H12ClFN2. The van der Waals surface area contributed by atoms with Crippen molar-refractivity contribution in [2.24, 2.45) is 5.84 Å². The lowest BCUT2D eigenvalue weighted by molar-refractivity contribution is 0.519. The molecule has 4 heteroatoms. The van der Waals surface area contributed by atoms with Crippen LogP contribution in [-0.4, -0.2) is 0 Å². The minimum atomic E-state index is -0.449. The standard InChI is InChI=1S/C11H12ClFN2/c1-2-3-7-10(15-14)8-5-4-6-9(13)11(8)12/h1,4-6,10,15H,3,7,14H2. The summed E-state index contributed by atoms with van der Waals surface area (Å²) in [5, 5.41) is 0.0949. The van der Waals surface area contributed by atoms with Gasteiger partial charge in [0.05, 0.1) is 5.02 Å². The van der Waals surface area contributed by atoms with Gasteiger partial charge in [-0.05, 0) is 18.1 Å². The molecule has 0 bridgehead atoms. The molecule has 0 amide bonds. The molecule has 1 atom stereocenters. The van der Waals surface area contributed by atoms with Gasteiger partial charge in [-0.3, -0.25) is 11.3 Å². The topological polar surface area (TPSA) is 38.0 Å². The first kappa shape index (κ1) is 12.0. The highest BCUT2D eigenvalue weighted by molar-refractivity contribution is 6.31. The van der Waals surface area contributed by atoms with E-state index in [1.165, 1.54) is 6.07 Å². The van der Waals surface area contributed by atoms with Crippen LogP contribution in [0.2, 0.25) is 5.02 Å². The fourth-order valence-electron chi connectivity index (χ4n) is 1.35. The number of halogens is 2. The molecule has 0 fully saturated rings. The third kappa shape index (κ3) is 2.93. The van der Waals surface area contributed by atoms with Crippen molar-refractivity contribution in [1.29, 1.82) is 0 Å². The van der Waals surface area contributed by atoms with Crippen molar-refractivity contribution in [3.8, 4) is 12.3 Å². The lowest BCUT2D eigenvalue weighted by Crippen LogP contribution is -2.28. The summed E-state index contributed by atoms with van der Waals surface area (Å²) in [4.78, 5) is 0. The average molecular weight is 227 g/mol. The molecule has 1 rings (SSSR count). The third-order valence-corrected chi connectivity index (χ3v) is 2.53. The molecule has 3 N–H and O–H groups in total. The van der Waals surface area contributed by atoms with Gasteiger partial charge >= 0.3 is 0 Å². The number of hydrogen-bond donors (Lipinski definition) is 2. The van der Waals surface area contributed by atoms with Gasteiger partial charge in [-0.2, -0.15) is 0 Å². The van der Waals surface area contributed by atoms with E-state index in [1.54, 1.807) is 12.1 Å². The lowest BCUT2D eigenvalue weighted by Gasteiger charge is -2.16. The molecule has 0 saturated heterocycles. The van der Waals surface area contributed by atoms with Crippen LogP contribution in [0.3, 0.4) is 0 Å². The molecule has 0 aliphatic heterocycles. The zero-order chi connectivity index (χ0) is 11.3. The SMILES string of the molecule is C#CCCC(NN)c1cccc(F)c1Cl. The van der Waals surface area contributed by atoms with E-state index in [0.717, 1.165) is 0 Å². The fourth-order valence-corrected chi connectivity index (χ4v) is 1.60. The Morgan fingerprint density at radius 2 is 2.33 bits per heavy atom. The normalized spacial score (nSPS) is 12.1. The molecule has 2 nitrogen and oxygen atoms in total. The Morgan fingerprint density at radius 1 is 1.60 bits per heavy atom. The Hall–Kier alpha value is -1.08. The first-order chi connectivity index (χ1) is 7.20. The Morgan fingerprint density at radius 3 is 2.93 bits per heavy atom. The van der Waals surface area contributed by atoms with Crippen LogP contribution in [0.15, 0.2) is 18.2 Å². The van der Waals surface area contributed by atoms with E-state index >= 15 is 0 Å². The largest absolute Gasteiger partial charge is 0.271 e. The molecule has 0 aromatic heterocycles. The van der Waals surface area contributed by atoms with E-state index in [9.17, 15) is 4.39 Å². The van der Waals surface area contributed by atoms with Gasteiger partial charge in [0.1, 0.15) is 5.82 Å². The molecule has 0 heterocycles. The van der Waals surface area contributed by atoms with Gasteiger partial charge in [-0.15, -0.1) is 12.3 Å². The molecule has 80 valence electrons. The number of benzene rings is 1. The Kier molecular flexibility index (Phi) is 4.57. The van der Waals surface area contributed by atoms with E-state index in [4.69, 9.17) is 23.9 Å². The van der Waals surface area contributed by atoms with Gasteiger partial charge in [0.2, 0.25) is 0 Å². The van der Waals surface area contributed by atoms with Crippen molar-refractivity contribution in [2.75, 3.05) is 0 Å². The Balaban J connectivity index is 2.92. The monoisotopic (exact) mass is 226 g/mol. The number of rotatable bonds is 4. The number of hydrazine groups is 1. The van der Waals surface area contributed by atoms with Gasteiger partial charge in [0.25, 0.3) is 0 Å². The van der Waals surface area contributed by atoms with Gasteiger partial charge < -0.3 is 0 Å². The van der Waals surface area contributed by atoms with Gasteiger partial charge in [0.15, 0.2) is 0 Å². The van der Waals surface area contributed by atoms with Gasteiger partial charge in [-0.1, -0.05) is 23.7 Å². The first-order valence-corrected chi connectivity index (χ1v) is 4.92. The zero-order valence-electron chi connectivity index (χ0n) is 8.13. The fraction of sp³-hybridized carbons (Fsp3) is 0.273. The molecule has 0 radical (unpaired) electrons. The maximum absolute atomic E-state index is 13.2. The van der Waals surface area contributed by atoms with Crippen molar-refractivity contribution in [1.82, 2.24) is 5.43 Å². The smallest absolute Gasteiger partial charge is 0.142 e. The summed E-state index contributed by atoms with van der Waals surface area (Å²) >= 11 is 5.82. The van der Waals surface area contributed by atoms with Crippen LogP contribution in [0.1, 0.15) is 24.4 Å². The minimum absolute atomic E-state index is 0.0949. The van der Waals surface area contributed by atoms with Gasteiger partial charge in [-0.25, -0.2) is 4.39 Å². The van der Waals surface area contributed by atoms with Crippen molar-refractivity contribution < 1.29 is 4.39 Å². The predicted octanol–water partition coefficient (Wildman–Crippen LogP) is 2.40. The van der Waals surface area contributed by atoms with E-state index < -0.39 is 5.82 Å². The van der Waals surface area contributed by atoms with E-state index in [-0.39, 0.29) is 11.1 Å². The number of hydrogen-bond acceptors (Lipinski definition) is 2. The van der Waals surface area contributed by atoms with Gasteiger partial charge in [0, 0.05) is 12.5 Å². The number of terminal acetylenes is 1. The second-order valence-corrected chi connectivity index (χ2v) is 3.48. The average Bonchev–Trinajstić information content (AvgIpc) is 2.25. The summed E-state index contributed by atoms with van der Waals surface area (Å²) in [5.74, 6) is 7.42. The van der Waals surface area contributed by atoms with Crippen LogP contribution in [0.5, 0.6) is 0 Å². The van der Waals surface area contributed by atoms with Crippen molar-refractivity contribution in [3.63, 3.8) is 0 Å². The highest BCUT2D eigenvalue weighted by atomic mass is 35.5. The third-order valence-electron chi connectivity index (χ3n) is 2.14. The van der Waals surface area contributed by atoms with Crippen molar-refractivity contribution in [3.05, 3.63) is 34.6 Å². The molecule has 1 aromatic carbocycles. The molecule has 1 aromatic rings. The summed E-state index contributed by atoms with van der Waals surface area (Å²) in [6, 6.07) is 4.41. The quantitative estimate of drug-likeness (QED) is 0.470. The second-order valence-electron chi connectivity index (χ2n) is 3.11. The molecule has 0 saturated carbocycles. The van der Waals surface area contributed by atoms with E-state index in [1.807, 2.05) is 0 Å². The maximum Gasteiger partial charge on any atom is 0.142 e. The number of nitrogens with two attached hydrogens (primary N) is 1. The Bertz CT molecular complexity index is 373. The summed E-state index contributed by atoms with van der Waals surface area (Å²) in [5.41, 5.74) is 3.21. The highest BCUT2D eigenvalue weighted by Crippen LogP contribution is 2.27. The predicted molar refractivity (Wildman–Crippen MR) is 59.5 cm³/mol. The van der Waals surface area contributed by atoms with Crippen LogP contribution in [0, 0.1) is 18.2 Å². The lowest BCUT2D eigenvalue weighted by atomic mass is 10.0. The molecule has 1 unspecified atom stereocenters. The van der Waals surface area contributed by atoms with Crippen molar-refractivity contribution >= 4 is 11.6 Å². The molecular weight excluding hydrogens is 215 g/mol. The van der Waals surface area contributed by atoms with Crippen LogP contribution in [0.4, 0.5) is 4.39 Å². The van der Waals surface area contributed by atoms with Crippen LogP contribution in [0.25, 0.3) is 0 Å². The zero-order valence-corrected chi connectivity index (χ0v) is 8.89. The molecule has 0 aliphatic carbocycles. The summed E-state index contributed by atoms with van der Waals surface area (Å²) in [7, 11) is 0. The summed E-state index contributed by atoms with van der Waals surface area (Å²) < 4.78 is 13.2. The maximum atomic E-state index is 13.2.